The van der Waals surface area contributed by atoms with Crippen molar-refractivity contribution in [3.63, 3.8) is 0 Å². The average Bonchev–Trinajstić information content (AvgIpc) is 3.32. The molecule has 2 N–H and O–H groups in total. The molecule has 1 aliphatic heterocycles. The Balaban J connectivity index is 1.95. The van der Waals surface area contributed by atoms with Crippen molar-refractivity contribution in [2.24, 2.45) is 0 Å². The Morgan fingerprint density at radius 1 is 1.32 bits per heavy atom. The lowest BCUT2D eigenvalue weighted by Gasteiger charge is -2.30. The Kier molecular flexibility index (Phi) is 3.92. The van der Waals surface area contributed by atoms with Crippen molar-refractivity contribution in [1.29, 1.82) is 0 Å². The fourth-order valence-corrected chi connectivity index (χ4v) is 3.68. The smallest absolute Gasteiger partial charge is 0.341 e. The maximum absolute atomic E-state index is 14.7. The Bertz CT molecular complexity index is 923. The Morgan fingerprint density at radius 2 is 2.00 bits per heavy atom. The summed E-state index contributed by atoms with van der Waals surface area (Å²) in [7, 11) is 0. The molecule has 2 fully saturated rings. The first kappa shape index (κ1) is 16.4. The Labute approximate surface area is 147 Å². The van der Waals surface area contributed by atoms with Gasteiger partial charge < -0.3 is 19.9 Å². The quantitative estimate of drug-likeness (QED) is 0.811. The minimum atomic E-state index is -1.32. The van der Waals surface area contributed by atoms with Gasteiger partial charge in [-0.05, 0) is 18.6 Å². The van der Waals surface area contributed by atoms with Crippen molar-refractivity contribution in [2.75, 3.05) is 31.1 Å². The monoisotopic (exact) mass is 365 g/mol. The largest absolute Gasteiger partial charge is 0.477 e. The molecular weight excluding hydrogens is 349 g/mol. The summed E-state index contributed by atoms with van der Waals surface area (Å²) in [5.74, 6) is -1.84. The summed E-state index contributed by atoms with van der Waals surface area (Å²) in [6.45, 7) is 2.85. The molecule has 0 radical (unpaired) electrons. The first-order valence-corrected chi connectivity index (χ1v) is 8.62. The summed E-state index contributed by atoms with van der Waals surface area (Å²) in [6, 6.07) is 2.72. The van der Waals surface area contributed by atoms with Crippen LogP contribution in [-0.2, 0) is 0 Å². The highest BCUT2D eigenvalue weighted by Gasteiger charge is 2.38. The van der Waals surface area contributed by atoms with E-state index in [1.165, 1.54) is 6.20 Å². The number of carbonyl (C=O) groups is 1. The SMILES string of the molecule is O=C(O)c1cn(C2CC2Cl)c2cc(N3CCNCC3)c(F)cc2c1=O. The van der Waals surface area contributed by atoms with Crippen LogP contribution in [0.5, 0.6) is 0 Å². The molecule has 4 rings (SSSR count). The number of carboxylic acid groups (broad SMARTS) is 1. The molecule has 8 heteroatoms. The number of nitrogens with zero attached hydrogens (tertiary/aromatic N) is 2. The van der Waals surface area contributed by atoms with Crippen molar-refractivity contribution in [2.45, 2.75) is 17.8 Å². The van der Waals surface area contributed by atoms with Gasteiger partial charge in [0, 0.05) is 37.8 Å². The first-order chi connectivity index (χ1) is 12.0. The lowest BCUT2D eigenvalue weighted by molar-refractivity contribution is 0.0695. The van der Waals surface area contributed by atoms with E-state index in [-0.39, 0.29) is 22.4 Å². The normalized spacial score (nSPS) is 23.0. The zero-order valence-corrected chi connectivity index (χ0v) is 14.1. The highest BCUT2D eigenvalue weighted by Crippen LogP contribution is 2.42. The van der Waals surface area contributed by atoms with E-state index in [0.29, 0.717) is 30.7 Å². The minimum Gasteiger partial charge on any atom is -0.477 e. The van der Waals surface area contributed by atoms with Crippen LogP contribution >= 0.6 is 11.6 Å². The van der Waals surface area contributed by atoms with Gasteiger partial charge in [0.2, 0.25) is 5.43 Å². The number of halogens is 2. The third-order valence-corrected chi connectivity index (χ3v) is 5.30. The maximum atomic E-state index is 14.7. The highest BCUT2D eigenvalue weighted by molar-refractivity contribution is 6.23. The van der Waals surface area contributed by atoms with E-state index >= 15 is 0 Å². The van der Waals surface area contributed by atoms with Crippen molar-refractivity contribution < 1.29 is 14.3 Å². The molecule has 2 heterocycles. The second-order valence-corrected chi connectivity index (χ2v) is 7.02. The Hall–Kier alpha value is -2.12. The summed E-state index contributed by atoms with van der Waals surface area (Å²) in [5, 5.41) is 12.5. The standard InChI is InChI=1S/C17H17ClFN3O3/c18-11-6-14(11)22-8-10(17(24)25)16(23)9-5-12(19)15(7-13(9)22)21-3-1-20-2-4-21/h5,7-8,11,14,20H,1-4,6H2,(H,24,25). The van der Waals surface area contributed by atoms with Gasteiger partial charge in [0.05, 0.1) is 22.6 Å². The molecule has 1 saturated carbocycles. The van der Waals surface area contributed by atoms with E-state index < -0.39 is 17.2 Å². The predicted octanol–water partition coefficient (Wildman–Crippen LogP) is 1.80. The molecule has 2 atom stereocenters. The van der Waals surface area contributed by atoms with Gasteiger partial charge in [-0.1, -0.05) is 0 Å². The van der Waals surface area contributed by atoms with Crippen molar-refractivity contribution >= 4 is 34.2 Å². The van der Waals surface area contributed by atoms with Gasteiger partial charge in [-0.25, -0.2) is 9.18 Å². The summed E-state index contributed by atoms with van der Waals surface area (Å²) < 4.78 is 16.4. The number of alkyl halides is 1. The molecule has 1 aliphatic carbocycles. The second kappa shape index (κ2) is 6.00. The van der Waals surface area contributed by atoms with Gasteiger partial charge in [-0.3, -0.25) is 4.79 Å². The summed E-state index contributed by atoms with van der Waals surface area (Å²) in [6.07, 6.45) is 2.03. The molecule has 1 aromatic carbocycles. The van der Waals surface area contributed by atoms with Crippen LogP contribution in [0.1, 0.15) is 22.8 Å². The summed E-state index contributed by atoms with van der Waals surface area (Å²) in [4.78, 5) is 25.8. The lowest BCUT2D eigenvalue weighted by Crippen LogP contribution is -2.43. The topological polar surface area (TPSA) is 74.6 Å². The van der Waals surface area contributed by atoms with E-state index in [1.54, 1.807) is 10.6 Å². The first-order valence-electron chi connectivity index (χ1n) is 8.19. The molecule has 0 amide bonds. The zero-order valence-electron chi connectivity index (χ0n) is 13.3. The fraction of sp³-hybridized carbons (Fsp3) is 0.412. The number of pyridine rings is 1. The molecule has 1 saturated heterocycles. The van der Waals surface area contributed by atoms with E-state index in [2.05, 4.69) is 5.32 Å². The van der Waals surface area contributed by atoms with E-state index in [9.17, 15) is 19.1 Å². The van der Waals surface area contributed by atoms with Gasteiger partial charge >= 0.3 is 5.97 Å². The number of aromatic carboxylic acids is 1. The number of anilines is 1. The minimum absolute atomic E-state index is 0.0760. The number of aromatic nitrogens is 1. The van der Waals surface area contributed by atoms with Crippen molar-refractivity contribution in [3.8, 4) is 0 Å². The van der Waals surface area contributed by atoms with Gasteiger partial charge in [0.1, 0.15) is 11.4 Å². The molecule has 6 nitrogen and oxygen atoms in total. The van der Waals surface area contributed by atoms with Crippen LogP contribution < -0.4 is 15.6 Å². The molecule has 132 valence electrons. The molecule has 2 aromatic rings. The van der Waals surface area contributed by atoms with Crippen LogP contribution in [0.3, 0.4) is 0 Å². The number of fused-ring (bicyclic) bond motifs is 1. The lowest BCUT2D eigenvalue weighted by atomic mass is 10.1. The van der Waals surface area contributed by atoms with Crippen LogP contribution in [0, 0.1) is 5.82 Å². The van der Waals surface area contributed by atoms with Gasteiger partial charge in [0.15, 0.2) is 0 Å². The molecular formula is C17H17ClFN3O3. The average molecular weight is 366 g/mol. The molecule has 1 aromatic heterocycles. The van der Waals surface area contributed by atoms with Crippen molar-refractivity contribution in [3.05, 3.63) is 39.9 Å². The summed E-state index contributed by atoms with van der Waals surface area (Å²) in [5.41, 5.74) is -0.0797. The molecule has 25 heavy (non-hydrogen) atoms. The van der Waals surface area contributed by atoms with Gasteiger partial charge in [0.25, 0.3) is 0 Å². The maximum Gasteiger partial charge on any atom is 0.341 e. The third kappa shape index (κ3) is 2.77. The molecule has 2 unspecified atom stereocenters. The predicted molar refractivity (Wildman–Crippen MR) is 93.5 cm³/mol. The number of nitrogens with one attached hydrogen (secondary N) is 1. The van der Waals surface area contributed by atoms with E-state index in [4.69, 9.17) is 11.6 Å². The van der Waals surface area contributed by atoms with Gasteiger partial charge in [-0.15, -0.1) is 11.6 Å². The zero-order chi connectivity index (χ0) is 17.7. The van der Waals surface area contributed by atoms with E-state index in [0.717, 1.165) is 19.2 Å². The Morgan fingerprint density at radius 3 is 2.60 bits per heavy atom. The van der Waals surface area contributed by atoms with Crippen LogP contribution in [0.4, 0.5) is 10.1 Å². The third-order valence-electron chi connectivity index (χ3n) is 4.83. The van der Waals surface area contributed by atoms with Crippen LogP contribution in [0.2, 0.25) is 0 Å². The molecule has 0 bridgehead atoms. The second-order valence-electron chi connectivity index (χ2n) is 6.46. The molecule has 2 aliphatic rings. The fourth-order valence-electron chi connectivity index (χ4n) is 3.37. The van der Waals surface area contributed by atoms with Crippen LogP contribution in [0.15, 0.2) is 23.1 Å². The number of hydrogen-bond donors (Lipinski definition) is 2. The number of benzene rings is 1. The number of carboxylic acids is 1. The van der Waals surface area contributed by atoms with Crippen molar-refractivity contribution in [1.82, 2.24) is 9.88 Å². The number of hydrogen-bond acceptors (Lipinski definition) is 4. The highest BCUT2D eigenvalue weighted by atomic mass is 35.5. The number of piperazine rings is 1. The van der Waals surface area contributed by atoms with E-state index in [1.807, 2.05) is 4.90 Å². The van der Waals surface area contributed by atoms with Crippen LogP contribution in [-0.4, -0.2) is 47.2 Å². The summed E-state index contributed by atoms with van der Waals surface area (Å²) >= 11 is 6.14. The van der Waals surface area contributed by atoms with Crippen LogP contribution in [0.25, 0.3) is 10.9 Å². The molecule has 0 spiro atoms. The number of rotatable bonds is 3. The van der Waals surface area contributed by atoms with Gasteiger partial charge in [-0.2, -0.15) is 0 Å².